The molecule has 0 spiro atoms. The maximum atomic E-state index is 12.7. The van der Waals surface area contributed by atoms with Gasteiger partial charge < -0.3 is 10.4 Å². The van der Waals surface area contributed by atoms with Crippen LogP contribution >= 0.6 is 0 Å². The molecule has 0 amide bonds. The summed E-state index contributed by atoms with van der Waals surface area (Å²) in [6.45, 7) is -0.575. The summed E-state index contributed by atoms with van der Waals surface area (Å²) >= 11 is 0. The Kier molecular flexibility index (Phi) is 3.89. The van der Waals surface area contributed by atoms with Gasteiger partial charge in [0.15, 0.2) is 0 Å². The quantitative estimate of drug-likeness (QED) is 0.605. The van der Waals surface area contributed by atoms with E-state index >= 15 is 0 Å². The van der Waals surface area contributed by atoms with Gasteiger partial charge in [0, 0.05) is 5.56 Å². The third-order valence-corrected chi connectivity index (χ3v) is 2.04. The van der Waals surface area contributed by atoms with E-state index in [0.29, 0.717) is 5.56 Å². The van der Waals surface area contributed by atoms with Gasteiger partial charge in [-0.1, -0.05) is 0 Å². The summed E-state index contributed by atoms with van der Waals surface area (Å²) in [5, 5.41) is 21.1. The highest BCUT2D eigenvalue weighted by atomic mass is 19.3. The van der Waals surface area contributed by atoms with Crippen LogP contribution in [0.3, 0.4) is 0 Å². The number of rotatable bonds is 5. The van der Waals surface area contributed by atoms with Crippen molar-refractivity contribution in [2.45, 2.75) is 12.8 Å². The number of hydrogen-bond donors (Lipinski definition) is 2. The lowest BCUT2D eigenvalue weighted by Crippen LogP contribution is -2.31. The number of nitrogens with one attached hydrogen (secondary N) is 1. The molecular formula is C9H11F2N3O3. The molecule has 0 aliphatic carbocycles. The summed E-state index contributed by atoms with van der Waals surface area (Å²) < 4.78 is 25.4. The van der Waals surface area contributed by atoms with E-state index in [-0.39, 0.29) is 11.5 Å². The van der Waals surface area contributed by atoms with Crippen LogP contribution in [0.1, 0.15) is 5.56 Å². The lowest BCUT2D eigenvalue weighted by Gasteiger charge is -2.14. The standard InChI is InChI=1S/C9H11F2N3O3/c1-6-2-8(12-3-7(6)14(16)17)13-4-9(10,11)5-15/h2-3,15H,4-5H2,1H3,(H,12,13). The normalized spacial score (nSPS) is 11.3. The zero-order chi connectivity index (χ0) is 13.1. The average Bonchev–Trinajstić information content (AvgIpc) is 2.26. The molecule has 1 aromatic heterocycles. The van der Waals surface area contributed by atoms with Crippen LogP contribution in [0.25, 0.3) is 0 Å². The minimum atomic E-state index is -3.25. The number of nitro groups is 1. The van der Waals surface area contributed by atoms with Crippen molar-refractivity contribution in [3.63, 3.8) is 0 Å². The van der Waals surface area contributed by atoms with E-state index in [9.17, 15) is 18.9 Å². The molecule has 1 aromatic rings. The van der Waals surface area contributed by atoms with E-state index in [1.807, 2.05) is 0 Å². The summed E-state index contributed by atoms with van der Waals surface area (Å²) in [6.07, 6.45) is 0.995. The largest absolute Gasteiger partial charge is 0.390 e. The van der Waals surface area contributed by atoms with Crippen molar-refractivity contribution < 1.29 is 18.8 Å². The molecular weight excluding hydrogens is 236 g/mol. The highest BCUT2D eigenvalue weighted by Crippen LogP contribution is 2.20. The molecule has 6 nitrogen and oxygen atoms in total. The first kappa shape index (κ1) is 13.2. The summed E-state index contributed by atoms with van der Waals surface area (Å²) in [4.78, 5) is 13.5. The van der Waals surface area contributed by atoms with E-state index in [1.54, 1.807) is 0 Å². The predicted octanol–water partition coefficient (Wildman–Crippen LogP) is 1.34. The number of hydrogen-bond acceptors (Lipinski definition) is 5. The Balaban J connectivity index is 2.75. The van der Waals surface area contributed by atoms with Gasteiger partial charge >= 0.3 is 0 Å². The van der Waals surface area contributed by atoms with Crippen LogP contribution in [0.5, 0.6) is 0 Å². The fraction of sp³-hybridized carbons (Fsp3) is 0.444. The first-order valence-corrected chi connectivity index (χ1v) is 4.69. The Bertz CT molecular complexity index is 426. The molecule has 0 unspecified atom stereocenters. The Hall–Kier alpha value is -1.83. The monoisotopic (exact) mass is 247 g/mol. The molecule has 0 atom stereocenters. The Morgan fingerprint density at radius 3 is 2.76 bits per heavy atom. The minimum Gasteiger partial charge on any atom is -0.390 e. The van der Waals surface area contributed by atoms with Crippen LogP contribution in [0.2, 0.25) is 0 Å². The van der Waals surface area contributed by atoms with Gasteiger partial charge in [0.25, 0.3) is 11.6 Å². The molecule has 17 heavy (non-hydrogen) atoms. The maximum absolute atomic E-state index is 12.7. The second-order valence-electron chi connectivity index (χ2n) is 3.48. The molecule has 0 bridgehead atoms. The zero-order valence-corrected chi connectivity index (χ0v) is 8.98. The third kappa shape index (κ3) is 3.59. The van der Waals surface area contributed by atoms with Gasteiger partial charge in [-0.25, -0.2) is 13.8 Å². The average molecular weight is 247 g/mol. The van der Waals surface area contributed by atoms with Gasteiger partial charge in [-0.2, -0.15) is 0 Å². The number of aromatic nitrogens is 1. The molecule has 0 aliphatic rings. The molecule has 0 saturated carbocycles. The first-order valence-electron chi connectivity index (χ1n) is 4.69. The molecule has 0 fully saturated rings. The predicted molar refractivity (Wildman–Crippen MR) is 56.2 cm³/mol. The van der Waals surface area contributed by atoms with Crippen LogP contribution in [0.15, 0.2) is 12.3 Å². The highest BCUT2D eigenvalue weighted by molar-refractivity contribution is 5.46. The van der Waals surface area contributed by atoms with Crippen molar-refractivity contribution in [3.05, 3.63) is 27.9 Å². The molecule has 0 aromatic carbocycles. The molecule has 0 radical (unpaired) electrons. The molecule has 0 aliphatic heterocycles. The van der Waals surface area contributed by atoms with E-state index < -0.39 is 24.0 Å². The fourth-order valence-electron chi connectivity index (χ4n) is 1.11. The van der Waals surface area contributed by atoms with Crippen molar-refractivity contribution in [2.75, 3.05) is 18.5 Å². The first-order chi connectivity index (χ1) is 7.85. The lowest BCUT2D eigenvalue weighted by atomic mass is 10.2. The lowest BCUT2D eigenvalue weighted by molar-refractivity contribution is -0.385. The van der Waals surface area contributed by atoms with Crippen molar-refractivity contribution in [2.24, 2.45) is 0 Å². The number of anilines is 1. The van der Waals surface area contributed by atoms with Crippen molar-refractivity contribution >= 4 is 11.5 Å². The number of aliphatic hydroxyl groups excluding tert-OH is 1. The smallest absolute Gasteiger partial charge is 0.290 e. The Morgan fingerprint density at radius 1 is 1.65 bits per heavy atom. The number of alkyl halides is 2. The molecule has 0 saturated heterocycles. The van der Waals surface area contributed by atoms with Gasteiger partial charge in [0.1, 0.15) is 18.6 Å². The fourth-order valence-corrected chi connectivity index (χ4v) is 1.11. The second-order valence-corrected chi connectivity index (χ2v) is 3.48. The van der Waals surface area contributed by atoms with E-state index in [4.69, 9.17) is 5.11 Å². The van der Waals surface area contributed by atoms with Crippen LogP contribution in [-0.4, -0.2) is 34.1 Å². The van der Waals surface area contributed by atoms with Gasteiger partial charge in [0.2, 0.25) is 0 Å². The summed E-state index contributed by atoms with van der Waals surface area (Å²) in [5.41, 5.74) is 0.143. The maximum Gasteiger partial charge on any atom is 0.290 e. The summed E-state index contributed by atoms with van der Waals surface area (Å²) in [5.74, 6) is -3.15. The topological polar surface area (TPSA) is 88.3 Å². The molecule has 94 valence electrons. The molecule has 8 heteroatoms. The summed E-state index contributed by atoms with van der Waals surface area (Å²) in [7, 11) is 0. The number of aryl methyl sites for hydroxylation is 1. The number of pyridine rings is 1. The van der Waals surface area contributed by atoms with Crippen molar-refractivity contribution in [3.8, 4) is 0 Å². The van der Waals surface area contributed by atoms with Gasteiger partial charge in [0.05, 0.1) is 11.5 Å². The number of nitrogens with zero attached hydrogens (tertiary/aromatic N) is 2. The Labute approximate surface area is 95.4 Å². The van der Waals surface area contributed by atoms with Gasteiger partial charge in [-0.15, -0.1) is 0 Å². The van der Waals surface area contributed by atoms with Crippen molar-refractivity contribution in [1.29, 1.82) is 0 Å². The number of aliphatic hydroxyl groups is 1. The van der Waals surface area contributed by atoms with E-state index in [1.165, 1.54) is 13.0 Å². The van der Waals surface area contributed by atoms with Crippen molar-refractivity contribution in [1.82, 2.24) is 4.98 Å². The SMILES string of the molecule is Cc1cc(NCC(F)(F)CO)ncc1[N+](=O)[O-]. The van der Waals surface area contributed by atoms with Crippen LogP contribution in [0, 0.1) is 17.0 Å². The minimum absolute atomic E-state index is 0.0984. The number of halogens is 2. The second kappa shape index (κ2) is 5.00. The van der Waals surface area contributed by atoms with E-state index in [0.717, 1.165) is 6.20 Å². The van der Waals surface area contributed by atoms with Crippen LogP contribution in [0.4, 0.5) is 20.3 Å². The van der Waals surface area contributed by atoms with Gasteiger partial charge in [-0.05, 0) is 13.0 Å². The zero-order valence-electron chi connectivity index (χ0n) is 8.98. The third-order valence-electron chi connectivity index (χ3n) is 2.04. The van der Waals surface area contributed by atoms with Crippen LogP contribution < -0.4 is 5.32 Å². The molecule has 1 heterocycles. The molecule has 1 rings (SSSR count). The molecule has 2 N–H and O–H groups in total. The van der Waals surface area contributed by atoms with Gasteiger partial charge in [-0.3, -0.25) is 10.1 Å². The highest BCUT2D eigenvalue weighted by Gasteiger charge is 2.27. The summed E-state index contributed by atoms with van der Waals surface area (Å²) in [6, 6.07) is 1.30. The Morgan fingerprint density at radius 2 is 2.29 bits per heavy atom. The van der Waals surface area contributed by atoms with Crippen LogP contribution in [-0.2, 0) is 0 Å². The van der Waals surface area contributed by atoms with E-state index in [2.05, 4.69) is 10.3 Å².